The molecule has 1 aliphatic rings. The van der Waals surface area contributed by atoms with Crippen molar-refractivity contribution in [3.05, 3.63) is 51.5 Å². The predicted octanol–water partition coefficient (Wildman–Crippen LogP) is 2.26. The van der Waals surface area contributed by atoms with Gasteiger partial charge in [-0.2, -0.15) is 0 Å². The fraction of sp³-hybridized carbons (Fsp3) is 0.0714. The van der Waals surface area contributed by atoms with Crippen LogP contribution in [0.1, 0.15) is 26.5 Å². The van der Waals surface area contributed by atoms with E-state index in [1.54, 1.807) is 29.8 Å². The number of thiazole rings is 1. The van der Waals surface area contributed by atoms with Gasteiger partial charge < -0.3 is 0 Å². The minimum absolute atomic E-state index is 0.348. The van der Waals surface area contributed by atoms with Gasteiger partial charge in [-0.15, -0.1) is 11.3 Å². The predicted molar refractivity (Wildman–Crippen MR) is 73.6 cm³/mol. The van der Waals surface area contributed by atoms with Crippen LogP contribution in [0.3, 0.4) is 0 Å². The highest BCUT2D eigenvalue weighted by molar-refractivity contribution is 7.10. The summed E-state index contributed by atoms with van der Waals surface area (Å²) in [4.78, 5) is 28.8. The number of aryl methyl sites for hydroxylation is 1. The van der Waals surface area contributed by atoms with Gasteiger partial charge in [0.1, 0.15) is 0 Å². The molecule has 0 radical (unpaired) electrons. The molecule has 0 unspecified atom stereocenters. The average molecular weight is 270 g/mol. The Morgan fingerprint density at radius 3 is 2.58 bits per heavy atom. The molecule has 1 N–H and O–H groups in total. The third-order valence-corrected chi connectivity index (χ3v) is 3.87. The van der Waals surface area contributed by atoms with Crippen molar-refractivity contribution in [2.75, 3.05) is 0 Å². The Kier molecular flexibility index (Phi) is 2.76. The number of imide groups is 1. The molecule has 0 aliphatic carbocycles. The molecule has 3 rings (SSSR count). The second-order valence-electron chi connectivity index (χ2n) is 4.19. The smallest absolute Gasteiger partial charge is 0.258 e. The van der Waals surface area contributed by atoms with Crippen molar-refractivity contribution >= 4 is 34.8 Å². The highest BCUT2D eigenvalue weighted by atomic mass is 32.1. The molecule has 94 valence electrons. The maximum atomic E-state index is 12.0. The highest BCUT2D eigenvalue weighted by Gasteiger charge is 2.26. The van der Waals surface area contributed by atoms with Crippen molar-refractivity contribution in [2.24, 2.45) is 0 Å². The number of hydrogen-bond acceptors (Lipinski definition) is 4. The van der Waals surface area contributed by atoms with E-state index >= 15 is 0 Å². The van der Waals surface area contributed by atoms with Gasteiger partial charge in [0.25, 0.3) is 11.8 Å². The number of nitrogens with one attached hydrogen (secondary N) is 1. The fourth-order valence-electron chi connectivity index (χ4n) is 2.00. The van der Waals surface area contributed by atoms with E-state index in [1.165, 1.54) is 11.3 Å². The molecule has 0 bridgehead atoms. The number of carbonyl (C=O) groups excluding carboxylic acids is 2. The Balaban J connectivity index is 2.19. The summed E-state index contributed by atoms with van der Waals surface area (Å²) in [6, 6.07) is 7.10. The molecule has 0 saturated heterocycles. The van der Waals surface area contributed by atoms with Crippen LogP contribution in [0.2, 0.25) is 0 Å². The van der Waals surface area contributed by atoms with Crippen LogP contribution in [0.15, 0.2) is 29.8 Å². The molecule has 1 aromatic heterocycles. The van der Waals surface area contributed by atoms with Gasteiger partial charge in [-0.1, -0.05) is 18.2 Å². The van der Waals surface area contributed by atoms with Gasteiger partial charge in [-0.3, -0.25) is 14.9 Å². The van der Waals surface area contributed by atoms with Crippen molar-refractivity contribution in [3.8, 4) is 0 Å². The molecule has 2 aromatic rings. The molecular weight excluding hydrogens is 260 g/mol. The van der Waals surface area contributed by atoms with Gasteiger partial charge >= 0.3 is 0 Å². The van der Waals surface area contributed by atoms with Gasteiger partial charge in [0, 0.05) is 11.1 Å². The molecule has 0 atom stereocenters. The van der Waals surface area contributed by atoms with E-state index in [1.807, 2.05) is 13.0 Å². The van der Waals surface area contributed by atoms with Crippen LogP contribution < -0.4 is 5.32 Å². The summed E-state index contributed by atoms with van der Waals surface area (Å²) in [5.74, 6) is -0.713. The molecule has 0 fully saturated rings. The topological polar surface area (TPSA) is 59.1 Å². The zero-order chi connectivity index (χ0) is 13.4. The lowest BCUT2D eigenvalue weighted by atomic mass is 9.94. The number of aromatic nitrogens is 1. The summed E-state index contributed by atoms with van der Waals surface area (Å²) in [5.41, 5.74) is 4.31. The van der Waals surface area contributed by atoms with Crippen molar-refractivity contribution < 1.29 is 9.59 Å². The first-order valence-electron chi connectivity index (χ1n) is 5.73. The molecule has 2 heterocycles. The summed E-state index contributed by atoms with van der Waals surface area (Å²) >= 11 is 1.47. The normalized spacial score (nSPS) is 16.4. The number of benzene rings is 1. The molecule has 19 heavy (non-hydrogen) atoms. The standard InChI is InChI=1S/C14H10N2O2S/c1-8-12(19-7-15-8)6-11-9-4-2-3-5-10(9)13(17)16-14(11)18/h2-7H,1H3,(H,16,17,18)/b11-6-. The van der Waals surface area contributed by atoms with E-state index in [9.17, 15) is 9.59 Å². The molecule has 2 amide bonds. The van der Waals surface area contributed by atoms with Crippen molar-refractivity contribution in [3.63, 3.8) is 0 Å². The first-order chi connectivity index (χ1) is 9.16. The third-order valence-electron chi connectivity index (χ3n) is 2.99. The Morgan fingerprint density at radius 2 is 1.89 bits per heavy atom. The lowest BCUT2D eigenvalue weighted by Gasteiger charge is -2.17. The van der Waals surface area contributed by atoms with E-state index < -0.39 is 0 Å². The Bertz CT molecular complexity index is 716. The summed E-state index contributed by atoms with van der Waals surface area (Å²) in [6.07, 6.45) is 1.79. The Labute approximate surface area is 113 Å². The molecule has 1 aromatic carbocycles. The van der Waals surface area contributed by atoms with E-state index in [2.05, 4.69) is 10.3 Å². The zero-order valence-corrected chi connectivity index (χ0v) is 11.0. The van der Waals surface area contributed by atoms with Gasteiger partial charge in [-0.05, 0) is 24.6 Å². The molecule has 5 heteroatoms. The van der Waals surface area contributed by atoms with Crippen LogP contribution in [0.4, 0.5) is 0 Å². The maximum absolute atomic E-state index is 12.0. The van der Waals surface area contributed by atoms with E-state index in [0.29, 0.717) is 16.7 Å². The molecular formula is C14H10N2O2S. The largest absolute Gasteiger partial charge is 0.288 e. The summed E-state index contributed by atoms with van der Waals surface area (Å²) < 4.78 is 0. The number of nitrogens with zero attached hydrogens (tertiary/aromatic N) is 1. The van der Waals surface area contributed by atoms with Crippen molar-refractivity contribution in [1.82, 2.24) is 10.3 Å². The van der Waals surface area contributed by atoms with E-state index in [-0.39, 0.29) is 11.8 Å². The highest BCUT2D eigenvalue weighted by Crippen LogP contribution is 2.27. The minimum Gasteiger partial charge on any atom is -0.288 e. The number of carbonyl (C=O) groups is 2. The fourth-order valence-corrected chi connectivity index (χ4v) is 2.73. The van der Waals surface area contributed by atoms with Crippen LogP contribution in [0.25, 0.3) is 11.6 Å². The first kappa shape index (κ1) is 11.8. The lowest BCUT2D eigenvalue weighted by Crippen LogP contribution is -2.36. The number of rotatable bonds is 1. The molecule has 4 nitrogen and oxygen atoms in total. The summed E-state index contributed by atoms with van der Waals surface area (Å²) in [6.45, 7) is 1.89. The molecule has 0 spiro atoms. The minimum atomic E-state index is -0.364. The van der Waals surface area contributed by atoms with Crippen LogP contribution in [-0.2, 0) is 4.79 Å². The molecule has 1 aliphatic heterocycles. The monoisotopic (exact) mass is 270 g/mol. The SMILES string of the molecule is Cc1ncsc1/C=C1\C(=O)NC(=O)c2ccccc21. The second-order valence-corrected chi connectivity index (χ2v) is 5.08. The second kappa shape index (κ2) is 4.44. The number of hydrogen-bond donors (Lipinski definition) is 1. The average Bonchev–Trinajstić information content (AvgIpc) is 2.80. The van der Waals surface area contributed by atoms with Crippen LogP contribution in [-0.4, -0.2) is 16.8 Å². The van der Waals surface area contributed by atoms with Crippen LogP contribution in [0, 0.1) is 6.92 Å². The van der Waals surface area contributed by atoms with E-state index in [0.717, 1.165) is 10.6 Å². The molecule has 0 saturated carbocycles. The number of fused-ring (bicyclic) bond motifs is 1. The van der Waals surface area contributed by atoms with Crippen molar-refractivity contribution in [1.29, 1.82) is 0 Å². The van der Waals surface area contributed by atoms with Gasteiger partial charge in [-0.25, -0.2) is 4.98 Å². The summed E-state index contributed by atoms with van der Waals surface area (Å²) in [7, 11) is 0. The quantitative estimate of drug-likeness (QED) is 0.638. The maximum Gasteiger partial charge on any atom is 0.258 e. The van der Waals surface area contributed by atoms with Crippen molar-refractivity contribution in [2.45, 2.75) is 6.92 Å². The van der Waals surface area contributed by atoms with Gasteiger partial charge in [0.05, 0.1) is 16.1 Å². The Morgan fingerprint density at radius 1 is 1.16 bits per heavy atom. The van der Waals surface area contributed by atoms with Gasteiger partial charge in [0.15, 0.2) is 0 Å². The summed E-state index contributed by atoms with van der Waals surface area (Å²) in [5, 5.41) is 2.36. The van der Waals surface area contributed by atoms with Crippen LogP contribution in [0.5, 0.6) is 0 Å². The first-order valence-corrected chi connectivity index (χ1v) is 6.61. The lowest BCUT2D eigenvalue weighted by molar-refractivity contribution is -0.114. The zero-order valence-electron chi connectivity index (χ0n) is 10.1. The van der Waals surface area contributed by atoms with E-state index in [4.69, 9.17) is 0 Å². The third kappa shape index (κ3) is 1.98. The number of amides is 2. The van der Waals surface area contributed by atoms with Gasteiger partial charge in [0.2, 0.25) is 0 Å². The van der Waals surface area contributed by atoms with Crippen LogP contribution >= 0.6 is 11.3 Å². The Hall–Kier alpha value is -2.27.